The first-order chi connectivity index (χ1) is 18.0. The Labute approximate surface area is 218 Å². The maximum absolute atomic E-state index is 11.2. The van der Waals surface area contributed by atoms with Crippen LogP contribution in [-0.2, 0) is 0 Å². The first kappa shape index (κ1) is 22.5. The van der Waals surface area contributed by atoms with Crippen LogP contribution < -0.4 is 4.90 Å². The minimum Gasteiger partial charge on any atom is -0.477 e. The lowest BCUT2D eigenvalue weighted by Crippen LogP contribution is -2.42. The predicted octanol–water partition coefficient (Wildman–Crippen LogP) is 6.59. The van der Waals surface area contributed by atoms with Gasteiger partial charge in [-0.25, -0.2) is 9.78 Å². The van der Waals surface area contributed by atoms with Crippen LogP contribution in [0.2, 0.25) is 5.02 Å². The van der Waals surface area contributed by atoms with Crippen molar-refractivity contribution in [3.05, 3.63) is 76.9 Å². The molecule has 1 saturated carbocycles. The summed E-state index contributed by atoms with van der Waals surface area (Å²) in [6.45, 7) is 1.93. The molecule has 0 bridgehead atoms. The number of anilines is 1. The van der Waals surface area contributed by atoms with Crippen LogP contribution in [0.3, 0.4) is 0 Å². The Balaban J connectivity index is 1.12. The molecule has 0 atom stereocenters. The van der Waals surface area contributed by atoms with Crippen LogP contribution in [0.15, 0.2) is 59.4 Å². The highest BCUT2D eigenvalue weighted by molar-refractivity contribution is 6.33. The fraction of sp³-hybridized carbons (Fsp3) is 0.310. The first-order valence-electron chi connectivity index (χ1n) is 12.7. The molecule has 4 heterocycles. The highest BCUT2D eigenvalue weighted by Crippen LogP contribution is 2.55. The number of rotatable bonds is 5. The van der Waals surface area contributed by atoms with E-state index in [1.54, 1.807) is 18.5 Å². The summed E-state index contributed by atoms with van der Waals surface area (Å²) in [7, 11) is 0. The molecule has 3 aromatic heterocycles. The molecule has 3 aliphatic rings. The van der Waals surface area contributed by atoms with Crippen molar-refractivity contribution >= 4 is 39.6 Å². The van der Waals surface area contributed by atoms with Gasteiger partial charge in [-0.05, 0) is 78.8 Å². The molecule has 7 rings (SSSR count). The summed E-state index contributed by atoms with van der Waals surface area (Å²) in [5.74, 6) is 0.434. The Morgan fingerprint density at radius 1 is 1.08 bits per heavy atom. The summed E-state index contributed by atoms with van der Waals surface area (Å²) in [5, 5.41) is 16.1. The third-order valence-corrected chi connectivity index (χ3v) is 8.35. The molecule has 1 saturated heterocycles. The number of hydrogen-bond acceptors (Lipinski definition) is 6. The summed E-state index contributed by atoms with van der Waals surface area (Å²) < 4.78 is 5.86. The molecule has 0 amide bonds. The van der Waals surface area contributed by atoms with Gasteiger partial charge in [-0.15, -0.1) is 0 Å². The van der Waals surface area contributed by atoms with Crippen molar-refractivity contribution in [2.75, 3.05) is 18.0 Å². The Hall–Kier alpha value is -3.71. The minimum atomic E-state index is -1.01. The molecular weight excluding hydrogens is 488 g/mol. The zero-order valence-corrected chi connectivity index (χ0v) is 20.9. The molecule has 4 aromatic rings. The van der Waals surface area contributed by atoms with Gasteiger partial charge in [0.05, 0.1) is 10.6 Å². The number of aromatic nitrogens is 3. The van der Waals surface area contributed by atoms with Crippen molar-refractivity contribution in [1.29, 1.82) is 0 Å². The van der Waals surface area contributed by atoms with Crippen LogP contribution in [0.1, 0.15) is 59.8 Å². The third-order valence-electron chi connectivity index (χ3n) is 8.04. The van der Waals surface area contributed by atoms with Crippen LogP contribution in [-0.4, -0.2) is 39.3 Å². The van der Waals surface area contributed by atoms with E-state index in [1.807, 2.05) is 18.2 Å². The average molecular weight is 513 g/mol. The van der Waals surface area contributed by atoms with Crippen molar-refractivity contribution < 1.29 is 14.4 Å². The van der Waals surface area contributed by atoms with E-state index in [-0.39, 0.29) is 11.1 Å². The Bertz CT molecular complexity index is 1580. The van der Waals surface area contributed by atoms with E-state index in [9.17, 15) is 9.90 Å². The monoisotopic (exact) mass is 512 g/mol. The normalized spacial score (nSPS) is 18.6. The molecule has 186 valence electrons. The van der Waals surface area contributed by atoms with Crippen LogP contribution in [0, 0.1) is 5.41 Å². The van der Waals surface area contributed by atoms with Crippen molar-refractivity contribution in [1.82, 2.24) is 15.1 Å². The smallest absolute Gasteiger partial charge is 0.354 e. The number of fused-ring (bicyclic) bond motifs is 1. The fourth-order valence-electron chi connectivity index (χ4n) is 5.81. The molecule has 0 unspecified atom stereocenters. The molecule has 2 aliphatic carbocycles. The van der Waals surface area contributed by atoms with Gasteiger partial charge in [0.25, 0.3) is 0 Å². The van der Waals surface area contributed by atoms with Crippen LogP contribution in [0.5, 0.6) is 0 Å². The summed E-state index contributed by atoms with van der Waals surface area (Å²) in [4.78, 5) is 22.2. The van der Waals surface area contributed by atoms with Gasteiger partial charge in [-0.3, -0.25) is 4.98 Å². The Morgan fingerprint density at radius 3 is 2.62 bits per heavy atom. The van der Waals surface area contributed by atoms with Crippen molar-refractivity contribution in [2.45, 2.75) is 38.0 Å². The SMILES string of the molecule is O=C(O)c1cc2ccc(N3CCC4(C=C(c5c(-c6ncccc6Cl)noc5C5CC5)C4)CC3)cc2cn1. The number of piperidine rings is 1. The zero-order chi connectivity index (χ0) is 25.1. The van der Waals surface area contributed by atoms with Crippen molar-refractivity contribution in [3.8, 4) is 11.4 Å². The van der Waals surface area contributed by atoms with Crippen LogP contribution >= 0.6 is 11.6 Å². The third kappa shape index (κ3) is 3.89. The number of carboxylic acids is 1. The maximum atomic E-state index is 11.2. The lowest BCUT2D eigenvalue weighted by molar-refractivity contribution is 0.0690. The van der Waals surface area contributed by atoms with Gasteiger partial charge in [0.2, 0.25) is 0 Å². The maximum Gasteiger partial charge on any atom is 0.354 e. The number of hydrogen-bond donors (Lipinski definition) is 1. The Morgan fingerprint density at radius 2 is 1.89 bits per heavy atom. The van der Waals surface area contributed by atoms with Gasteiger partial charge < -0.3 is 14.5 Å². The quantitative estimate of drug-likeness (QED) is 0.322. The molecule has 37 heavy (non-hydrogen) atoms. The predicted molar refractivity (Wildman–Crippen MR) is 142 cm³/mol. The molecular formula is C29H25ClN4O3. The first-order valence-corrected chi connectivity index (χ1v) is 13.1. The number of carbonyl (C=O) groups is 1. The van der Waals surface area contributed by atoms with E-state index in [0.29, 0.717) is 16.6 Å². The minimum absolute atomic E-state index is 0.0684. The molecule has 1 aromatic carbocycles. The summed E-state index contributed by atoms with van der Waals surface area (Å²) in [6.07, 6.45) is 11.3. The van der Waals surface area contributed by atoms with E-state index in [1.165, 1.54) is 5.57 Å². The number of carboxylic acid groups (broad SMARTS) is 1. The van der Waals surface area contributed by atoms with Gasteiger partial charge in [-0.2, -0.15) is 0 Å². The number of allylic oxidation sites excluding steroid dienone is 2. The van der Waals surface area contributed by atoms with E-state index < -0.39 is 5.97 Å². The van der Waals surface area contributed by atoms with Crippen molar-refractivity contribution in [2.24, 2.45) is 5.41 Å². The van der Waals surface area contributed by atoms with E-state index in [0.717, 1.165) is 78.7 Å². The topological polar surface area (TPSA) is 92.3 Å². The molecule has 0 radical (unpaired) electrons. The van der Waals surface area contributed by atoms with Crippen LogP contribution in [0.4, 0.5) is 5.69 Å². The van der Waals surface area contributed by atoms with E-state index >= 15 is 0 Å². The second-order valence-electron chi connectivity index (χ2n) is 10.5. The second-order valence-corrected chi connectivity index (χ2v) is 10.9. The average Bonchev–Trinajstić information content (AvgIpc) is 3.65. The highest BCUT2D eigenvalue weighted by atomic mass is 35.5. The fourth-order valence-corrected chi connectivity index (χ4v) is 6.02. The number of halogens is 1. The lowest BCUT2D eigenvalue weighted by atomic mass is 9.63. The summed E-state index contributed by atoms with van der Waals surface area (Å²) in [5.41, 5.74) is 5.29. The van der Waals surface area contributed by atoms with Crippen LogP contribution in [0.25, 0.3) is 27.7 Å². The summed E-state index contributed by atoms with van der Waals surface area (Å²) in [6, 6.07) is 11.5. The molecule has 7 nitrogen and oxygen atoms in total. The zero-order valence-electron chi connectivity index (χ0n) is 20.2. The largest absolute Gasteiger partial charge is 0.477 e. The van der Waals surface area contributed by atoms with Gasteiger partial charge in [0, 0.05) is 42.5 Å². The molecule has 1 aliphatic heterocycles. The summed E-state index contributed by atoms with van der Waals surface area (Å²) >= 11 is 6.48. The molecule has 1 spiro atoms. The molecule has 1 N–H and O–H groups in total. The molecule has 2 fully saturated rings. The van der Waals surface area contributed by atoms with E-state index in [2.05, 4.69) is 38.2 Å². The van der Waals surface area contributed by atoms with Gasteiger partial charge in [0.1, 0.15) is 22.8 Å². The van der Waals surface area contributed by atoms with Gasteiger partial charge in [-0.1, -0.05) is 28.9 Å². The van der Waals surface area contributed by atoms with Gasteiger partial charge >= 0.3 is 5.97 Å². The molecule has 8 heteroatoms. The number of pyridine rings is 2. The number of benzene rings is 1. The number of nitrogens with zero attached hydrogens (tertiary/aromatic N) is 4. The highest BCUT2D eigenvalue weighted by Gasteiger charge is 2.44. The number of aromatic carboxylic acids is 1. The second kappa shape index (κ2) is 8.42. The van der Waals surface area contributed by atoms with E-state index in [4.69, 9.17) is 16.1 Å². The lowest BCUT2D eigenvalue weighted by Gasteiger charge is -2.47. The standard InChI is InChI=1S/C29H25ClN4O3/c30-22-2-1-9-31-25(22)26-24(27(37-33-26)17-3-4-17)20-14-29(15-20)7-10-34(11-8-29)21-6-5-18-13-23(28(35)36)32-16-19(18)12-21/h1-2,5-6,9,12-14,16-17H,3-4,7-8,10-11,15H2,(H,35,36). The van der Waals surface area contributed by atoms with Gasteiger partial charge in [0.15, 0.2) is 0 Å². The van der Waals surface area contributed by atoms with Crippen molar-refractivity contribution in [3.63, 3.8) is 0 Å². The Kier molecular flexibility index (Phi) is 5.11.